The molecule has 0 radical (unpaired) electrons. The highest BCUT2D eigenvalue weighted by Gasteiger charge is 2.29. The normalized spacial score (nSPS) is 17.2. The van der Waals surface area contributed by atoms with Crippen LogP contribution < -0.4 is 14.8 Å². The second-order valence-corrected chi connectivity index (χ2v) is 5.13. The first-order valence-corrected chi connectivity index (χ1v) is 6.94. The maximum atomic E-state index is 12.1. The monoisotopic (exact) mass is 275 g/mol. The van der Waals surface area contributed by atoms with Crippen molar-refractivity contribution >= 4 is 11.7 Å². The van der Waals surface area contributed by atoms with E-state index in [2.05, 4.69) is 5.32 Å². The van der Waals surface area contributed by atoms with Crippen molar-refractivity contribution in [1.29, 1.82) is 0 Å². The maximum Gasteiger partial charge on any atom is 0.223 e. The van der Waals surface area contributed by atoms with E-state index in [-0.39, 0.29) is 24.2 Å². The number of Topliss-reactive ketones (excluding diaryl/α,β-unsaturated/α-hetero) is 1. The van der Waals surface area contributed by atoms with Crippen LogP contribution in [0.15, 0.2) is 18.2 Å². The van der Waals surface area contributed by atoms with E-state index in [9.17, 15) is 9.59 Å². The molecule has 0 saturated heterocycles. The molecule has 0 aromatic heterocycles. The van der Waals surface area contributed by atoms with E-state index in [1.807, 2.05) is 0 Å². The molecule has 1 fully saturated rings. The maximum absolute atomic E-state index is 12.1. The van der Waals surface area contributed by atoms with Gasteiger partial charge in [0.25, 0.3) is 0 Å². The summed E-state index contributed by atoms with van der Waals surface area (Å²) < 4.78 is 11.1. The predicted molar refractivity (Wildman–Crippen MR) is 72.1 cm³/mol. The van der Waals surface area contributed by atoms with Crippen LogP contribution in [-0.2, 0) is 4.79 Å². The van der Waals surface area contributed by atoms with E-state index in [1.54, 1.807) is 18.2 Å². The number of amides is 1. The molecule has 1 amide bonds. The fraction of sp³-hybridized carbons (Fsp3) is 0.467. The zero-order valence-electron chi connectivity index (χ0n) is 11.2. The number of carbonyl (C=O) groups excluding carboxylic acids is 2. The highest BCUT2D eigenvalue weighted by Crippen LogP contribution is 2.31. The van der Waals surface area contributed by atoms with Gasteiger partial charge >= 0.3 is 0 Å². The summed E-state index contributed by atoms with van der Waals surface area (Å²) >= 11 is 0. The molecule has 0 bridgehead atoms. The lowest BCUT2D eigenvalue weighted by molar-refractivity contribution is -0.122. The van der Waals surface area contributed by atoms with Crippen LogP contribution in [0.25, 0.3) is 0 Å². The molecule has 20 heavy (non-hydrogen) atoms. The fourth-order valence-corrected chi connectivity index (χ4v) is 2.10. The van der Waals surface area contributed by atoms with Gasteiger partial charge in [-0.3, -0.25) is 9.59 Å². The first-order chi connectivity index (χ1) is 9.74. The van der Waals surface area contributed by atoms with Gasteiger partial charge in [-0.15, -0.1) is 0 Å². The Morgan fingerprint density at radius 2 is 1.90 bits per heavy atom. The summed E-state index contributed by atoms with van der Waals surface area (Å²) in [5.41, 5.74) is 0.533. The third-order valence-electron chi connectivity index (χ3n) is 3.44. The van der Waals surface area contributed by atoms with Gasteiger partial charge in [-0.1, -0.05) is 0 Å². The summed E-state index contributed by atoms with van der Waals surface area (Å²) in [7, 11) is 0. The van der Waals surface area contributed by atoms with Crippen molar-refractivity contribution in [2.24, 2.45) is 5.92 Å². The molecule has 3 rings (SSSR count). The number of hydrogen-bond acceptors (Lipinski definition) is 4. The Balaban J connectivity index is 1.65. The highest BCUT2D eigenvalue weighted by atomic mass is 16.5. The molecule has 1 aromatic carbocycles. The fourth-order valence-electron chi connectivity index (χ4n) is 2.10. The van der Waals surface area contributed by atoms with Crippen LogP contribution in [-0.4, -0.2) is 31.4 Å². The highest BCUT2D eigenvalue weighted by molar-refractivity contribution is 6.00. The lowest BCUT2D eigenvalue weighted by Gasteiger charge is -2.09. The van der Waals surface area contributed by atoms with Crippen molar-refractivity contribution in [2.75, 3.05) is 19.8 Å². The Bertz CT molecular complexity index is 537. The SMILES string of the molecule is O=C(CNC(=O)C1CC1)c1ccc2c(c1)OCCCO2. The number of ether oxygens (including phenoxy) is 2. The molecule has 1 aliphatic heterocycles. The minimum absolute atomic E-state index is 0.0207. The first kappa shape index (κ1) is 13.0. The van der Waals surface area contributed by atoms with Gasteiger partial charge < -0.3 is 14.8 Å². The Kier molecular flexibility index (Phi) is 3.58. The lowest BCUT2D eigenvalue weighted by atomic mass is 10.1. The molecular formula is C15H17NO4. The molecule has 1 aromatic rings. The van der Waals surface area contributed by atoms with Crippen molar-refractivity contribution < 1.29 is 19.1 Å². The second-order valence-electron chi connectivity index (χ2n) is 5.13. The average Bonchev–Trinajstić information content (AvgIpc) is 3.29. The van der Waals surface area contributed by atoms with Crippen molar-refractivity contribution in [1.82, 2.24) is 5.32 Å². The number of benzene rings is 1. The number of rotatable bonds is 4. The van der Waals surface area contributed by atoms with E-state index in [0.29, 0.717) is 30.3 Å². The van der Waals surface area contributed by atoms with E-state index < -0.39 is 0 Å². The van der Waals surface area contributed by atoms with Crippen molar-refractivity contribution in [3.63, 3.8) is 0 Å². The standard InChI is InChI=1S/C15H17NO4/c17-12(9-16-15(18)10-2-3-10)11-4-5-13-14(8-11)20-7-1-6-19-13/h4-5,8,10H,1-3,6-7,9H2,(H,16,18). The zero-order chi connectivity index (χ0) is 13.9. The van der Waals surface area contributed by atoms with Gasteiger partial charge in [-0.25, -0.2) is 0 Å². The topological polar surface area (TPSA) is 64.6 Å². The molecular weight excluding hydrogens is 258 g/mol. The van der Waals surface area contributed by atoms with Gasteiger partial charge in [0, 0.05) is 17.9 Å². The van der Waals surface area contributed by atoms with Crippen LogP contribution in [0.1, 0.15) is 29.6 Å². The molecule has 5 heteroatoms. The van der Waals surface area contributed by atoms with Gasteiger partial charge in [0.2, 0.25) is 5.91 Å². The van der Waals surface area contributed by atoms with Crippen molar-refractivity contribution in [3.8, 4) is 11.5 Å². The van der Waals surface area contributed by atoms with Gasteiger partial charge in [0.1, 0.15) is 0 Å². The number of carbonyl (C=O) groups is 2. The van der Waals surface area contributed by atoms with Crippen LogP contribution in [0.3, 0.4) is 0 Å². The van der Waals surface area contributed by atoms with Crippen molar-refractivity contribution in [3.05, 3.63) is 23.8 Å². The summed E-state index contributed by atoms with van der Waals surface area (Å²) in [4.78, 5) is 23.6. The van der Waals surface area contributed by atoms with E-state index in [1.165, 1.54) is 0 Å². The summed E-state index contributed by atoms with van der Waals surface area (Å²) in [6, 6.07) is 5.14. The van der Waals surface area contributed by atoms with Crippen LogP contribution in [0, 0.1) is 5.92 Å². The number of ketones is 1. The Morgan fingerprint density at radius 3 is 2.65 bits per heavy atom. The molecule has 1 aliphatic carbocycles. The lowest BCUT2D eigenvalue weighted by Crippen LogP contribution is -2.30. The molecule has 1 N–H and O–H groups in total. The third-order valence-corrected chi connectivity index (χ3v) is 3.44. The van der Waals surface area contributed by atoms with E-state index in [4.69, 9.17) is 9.47 Å². The van der Waals surface area contributed by atoms with Crippen molar-refractivity contribution in [2.45, 2.75) is 19.3 Å². The molecule has 1 heterocycles. The van der Waals surface area contributed by atoms with Gasteiger partial charge in [0.05, 0.1) is 19.8 Å². The van der Waals surface area contributed by atoms with E-state index >= 15 is 0 Å². The minimum Gasteiger partial charge on any atom is -0.490 e. The minimum atomic E-state index is -0.116. The molecule has 1 saturated carbocycles. The first-order valence-electron chi connectivity index (χ1n) is 6.94. The number of fused-ring (bicyclic) bond motifs is 1. The Morgan fingerprint density at radius 1 is 1.15 bits per heavy atom. The summed E-state index contributed by atoms with van der Waals surface area (Å²) in [6.45, 7) is 1.25. The largest absolute Gasteiger partial charge is 0.490 e. The van der Waals surface area contributed by atoms with Gasteiger partial charge in [-0.05, 0) is 31.0 Å². The predicted octanol–water partition coefficient (Wildman–Crippen LogP) is 1.56. The Labute approximate surface area is 117 Å². The Hall–Kier alpha value is -2.04. The van der Waals surface area contributed by atoms with Gasteiger partial charge in [0.15, 0.2) is 17.3 Å². The summed E-state index contributed by atoms with van der Waals surface area (Å²) in [5.74, 6) is 1.25. The smallest absolute Gasteiger partial charge is 0.223 e. The molecule has 0 spiro atoms. The molecule has 0 atom stereocenters. The van der Waals surface area contributed by atoms with Crippen LogP contribution in [0.2, 0.25) is 0 Å². The number of nitrogens with one attached hydrogen (secondary N) is 1. The summed E-state index contributed by atoms with van der Waals surface area (Å²) in [6.07, 6.45) is 2.70. The quantitative estimate of drug-likeness (QED) is 0.847. The van der Waals surface area contributed by atoms with Crippen LogP contribution in [0.5, 0.6) is 11.5 Å². The zero-order valence-corrected chi connectivity index (χ0v) is 11.2. The second kappa shape index (κ2) is 5.53. The van der Waals surface area contributed by atoms with Crippen LogP contribution in [0.4, 0.5) is 0 Å². The summed E-state index contributed by atoms with van der Waals surface area (Å²) in [5, 5.41) is 2.67. The number of hydrogen-bond donors (Lipinski definition) is 1. The molecule has 5 nitrogen and oxygen atoms in total. The molecule has 106 valence electrons. The van der Waals surface area contributed by atoms with E-state index in [0.717, 1.165) is 19.3 Å². The molecule has 0 unspecified atom stereocenters. The molecule has 2 aliphatic rings. The third kappa shape index (κ3) is 2.92. The average molecular weight is 275 g/mol. The van der Waals surface area contributed by atoms with Gasteiger partial charge in [-0.2, -0.15) is 0 Å². The van der Waals surface area contributed by atoms with Crippen LogP contribution >= 0.6 is 0 Å².